The summed E-state index contributed by atoms with van der Waals surface area (Å²) < 4.78 is 6.52. The van der Waals surface area contributed by atoms with Gasteiger partial charge in [-0.3, -0.25) is 4.79 Å². The van der Waals surface area contributed by atoms with Crippen molar-refractivity contribution < 1.29 is 4.74 Å². The number of methoxy groups -OCH3 is 1. The quantitative estimate of drug-likeness (QED) is 0.658. The van der Waals surface area contributed by atoms with Crippen LogP contribution in [-0.4, -0.2) is 42.4 Å². The van der Waals surface area contributed by atoms with Crippen LogP contribution in [0.2, 0.25) is 5.02 Å². The van der Waals surface area contributed by atoms with Gasteiger partial charge < -0.3 is 15.0 Å². The Balaban J connectivity index is 1.80. The van der Waals surface area contributed by atoms with Crippen LogP contribution in [0, 0.1) is 0 Å². The smallest absolute Gasteiger partial charge is 0.292 e. The molecule has 1 aromatic heterocycles. The minimum absolute atomic E-state index is 0.0820. The van der Waals surface area contributed by atoms with Gasteiger partial charge >= 0.3 is 0 Å². The van der Waals surface area contributed by atoms with Gasteiger partial charge in [-0.15, -0.1) is 0 Å². The van der Waals surface area contributed by atoms with Crippen LogP contribution in [0.1, 0.15) is 11.6 Å². The minimum Gasteiger partial charge on any atom is -0.497 e. The van der Waals surface area contributed by atoms with E-state index in [2.05, 4.69) is 15.3 Å². The number of ether oxygens (including phenoxy) is 1. The zero-order valence-corrected chi connectivity index (χ0v) is 16.8. The second-order valence-electron chi connectivity index (χ2n) is 6.56. The van der Waals surface area contributed by atoms with E-state index in [4.69, 9.17) is 16.3 Å². The van der Waals surface area contributed by atoms with Gasteiger partial charge in [0, 0.05) is 6.54 Å². The van der Waals surface area contributed by atoms with Crippen LogP contribution in [0.15, 0.2) is 65.6 Å². The first-order chi connectivity index (χ1) is 13.5. The summed E-state index contributed by atoms with van der Waals surface area (Å²) in [4.78, 5) is 14.7. The first-order valence-corrected chi connectivity index (χ1v) is 9.26. The van der Waals surface area contributed by atoms with E-state index in [0.717, 1.165) is 11.3 Å². The molecular formula is C21H23ClN4O2. The second-order valence-corrected chi connectivity index (χ2v) is 6.94. The molecule has 0 amide bonds. The number of halogens is 1. The molecule has 1 atom stereocenters. The maximum atomic E-state index is 12.6. The van der Waals surface area contributed by atoms with E-state index in [0.29, 0.717) is 17.9 Å². The summed E-state index contributed by atoms with van der Waals surface area (Å²) >= 11 is 6.33. The molecule has 0 saturated carbocycles. The lowest BCUT2D eigenvalue weighted by molar-refractivity contribution is 0.311. The third-order valence-electron chi connectivity index (χ3n) is 4.53. The molecule has 2 aromatic carbocycles. The van der Waals surface area contributed by atoms with Crippen molar-refractivity contribution >= 4 is 17.3 Å². The van der Waals surface area contributed by atoms with Gasteiger partial charge in [0.2, 0.25) is 0 Å². The number of benzene rings is 2. The number of hydrogen-bond acceptors (Lipinski definition) is 5. The number of para-hydroxylation sites is 1. The zero-order valence-electron chi connectivity index (χ0n) is 16.1. The molecule has 0 aliphatic carbocycles. The van der Waals surface area contributed by atoms with Crippen molar-refractivity contribution in [1.29, 1.82) is 0 Å². The van der Waals surface area contributed by atoms with Crippen LogP contribution in [-0.2, 0) is 0 Å². The van der Waals surface area contributed by atoms with Gasteiger partial charge in [-0.25, -0.2) is 0 Å². The third kappa shape index (κ3) is 4.35. The number of nitrogens with zero attached hydrogens (tertiary/aromatic N) is 3. The summed E-state index contributed by atoms with van der Waals surface area (Å²) in [7, 11) is 5.65. The summed E-state index contributed by atoms with van der Waals surface area (Å²) in [5.41, 5.74) is 1.95. The van der Waals surface area contributed by atoms with Crippen molar-refractivity contribution in [1.82, 2.24) is 14.7 Å². The Kier molecular flexibility index (Phi) is 6.34. The fourth-order valence-electron chi connectivity index (χ4n) is 2.94. The Morgan fingerprint density at radius 2 is 1.82 bits per heavy atom. The Hall–Kier alpha value is -2.83. The number of aromatic nitrogens is 2. The van der Waals surface area contributed by atoms with Crippen molar-refractivity contribution in [3.8, 4) is 11.4 Å². The highest BCUT2D eigenvalue weighted by atomic mass is 35.5. The van der Waals surface area contributed by atoms with Gasteiger partial charge in [0.1, 0.15) is 10.8 Å². The van der Waals surface area contributed by atoms with E-state index in [1.165, 1.54) is 4.68 Å². The predicted molar refractivity (Wildman–Crippen MR) is 113 cm³/mol. The highest BCUT2D eigenvalue weighted by Crippen LogP contribution is 2.23. The molecule has 3 rings (SSSR count). The van der Waals surface area contributed by atoms with Gasteiger partial charge in [0.15, 0.2) is 0 Å². The van der Waals surface area contributed by atoms with Crippen LogP contribution in [0.4, 0.5) is 5.69 Å². The van der Waals surface area contributed by atoms with Crippen molar-refractivity contribution in [3.05, 3.63) is 81.7 Å². The Morgan fingerprint density at radius 1 is 1.14 bits per heavy atom. The van der Waals surface area contributed by atoms with Gasteiger partial charge in [0.05, 0.1) is 30.7 Å². The molecule has 28 heavy (non-hydrogen) atoms. The molecule has 6 nitrogen and oxygen atoms in total. The lowest BCUT2D eigenvalue weighted by Gasteiger charge is -2.26. The lowest BCUT2D eigenvalue weighted by atomic mass is 10.1. The molecule has 0 spiro atoms. The first-order valence-electron chi connectivity index (χ1n) is 8.88. The van der Waals surface area contributed by atoms with Gasteiger partial charge in [-0.2, -0.15) is 9.78 Å². The van der Waals surface area contributed by atoms with E-state index in [1.807, 2.05) is 68.7 Å². The standard InChI is InChI=1S/C21H23ClN4O2/c1-25(2)19(15-9-11-17(28-3)12-10-15)14-23-18-13-24-26(21(27)20(18)22)16-7-5-4-6-8-16/h4-13,19,23H,14H2,1-3H3/t19-/m0/s1. The molecule has 1 N–H and O–H groups in total. The predicted octanol–water partition coefficient (Wildman–Crippen LogP) is 3.61. The fraction of sp³-hybridized carbons (Fsp3) is 0.238. The maximum Gasteiger partial charge on any atom is 0.292 e. The summed E-state index contributed by atoms with van der Waals surface area (Å²) in [6, 6.07) is 17.2. The highest BCUT2D eigenvalue weighted by Gasteiger charge is 2.16. The van der Waals surface area contributed by atoms with Crippen LogP contribution < -0.4 is 15.6 Å². The molecule has 0 aliphatic rings. The first kappa shape index (κ1) is 19.9. The molecule has 0 radical (unpaired) electrons. The molecule has 0 unspecified atom stereocenters. The summed E-state index contributed by atoms with van der Waals surface area (Å²) in [5.74, 6) is 0.811. The molecule has 3 aromatic rings. The average molecular weight is 399 g/mol. The Morgan fingerprint density at radius 3 is 2.43 bits per heavy atom. The number of nitrogens with one attached hydrogen (secondary N) is 1. The number of hydrogen-bond donors (Lipinski definition) is 1. The van der Waals surface area contributed by atoms with Gasteiger partial charge in [-0.1, -0.05) is 41.9 Å². The molecule has 1 heterocycles. The Bertz CT molecular complexity index is 972. The molecule has 0 fully saturated rings. The molecule has 146 valence electrons. The van der Waals surface area contributed by atoms with E-state index >= 15 is 0 Å². The van der Waals surface area contributed by atoms with Gasteiger partial charge in [-0.05, 0) is 43.9 Å². The van der Waals surface area contributed by atoms with Crippen molar-refractivity contribution in [3.63, 3.8) is 0 Å². The van der Waals surface area contributed by atoms with E-state index in [-0.39, 0.29) is 16.6 Å². The number of likely N-dealkylation sites (N-methyl/N-ethyl adjacent to an activating group) is 1. The third-order valence-corrected chi connectivity index (χ3v) is 4.89. The largest absolute Gasteiger partial charge is 0.497 e. The minimum atomic E-state index is -0.358. The fourth-order valence-corrected chi connectivity index (χ4v) is 3.14. The number of rotatable bonds is 7. The monoisotopic (exact) mass is 398 g/mol. The van der Waals surface area contributed by atoms with E-state index in [1.54, 1.807) is 13.3 Å². The summed E-state index contributed by atoms with van der Waals surface area (Å²) in [6.45, 7) is 0.565. The SMILES string of the molecule is COc1ccc([C@H](CNc2cnn(-c3ccccc3)c(=O)c2Cl)N(C)C)cc1. The van der Waals surface area contributed by atoms with Crippen LogP contribution in [0.5, 0.6) is 5.75 Å². The topological polar surface area (TPSA) is 59.4 Å². The van der Waals surface area contributed by atoms with Crippen molar-refractivity contribution in [2.75, 3.05) is 33.1 Å². The van der Waals surface area contributed by atoms with Crippen molar-refractivity contribution in [2.45, 2.75) is 6.04 Å². The molecule has 0 saturated heterocycles. The summed E-state index contributed by atoms with van der Waals surface area (Å²) in [6.07, 6.45) is 1.58. The second kappa shape index (κ2) is 8.91. The molecule has 7 heteroatoms. The summed E-state index contributed by atoms with van der Waals surface area (Å²) in [5, 5.41) is 7.63. The van der Waals surface area contributed by atoms with Crippen LogP contribution in [0.3, 0.4) is 0 Å². The van der Waals surface area contributed by atoms with E-state index in [9.17, 15) is 4.79 Å². The van der Waals surface area contributed by atoms with Crippen molar-refractivity contribution in [2.24, 2.45) is 0 Å². The molecule has 0 bridgehead atoms. The Labute approximate surface area is 169 Å². The average Bonchev–Trinajstić information content (AvgIpc) is 2.72. The number of anilines is 1. The lowest BCUT2D eigenvalue weighted by Crippen LogP contribution is -2.28. The zero-order chi connectivity index (χ0) is 20.1. The highest BCUT2D eigenvalue weighted by molar-refractivity contribution is 6.32. The molecular weight excluding hydrogens is 376 g/mol. The van der Waals surface area contributed by atoms with Crippen LogP contribution in [0.25, 0.3) is 5.69 Å². The normalized spacial score (nSPS) is 12.0. The van der Waals surface area contributed by atoms with Gasteiger partial charge in [0.25, 0.3) is 5.56 Å². The molecule has 0 aliphatic heterocycles. The maximum absolute atomic E-state index is 12.6. The van der Waals surface area contributed by atoms with Crippen LogP contribution >= 0.6 is 11.6 Å². The van der Waals surface area contributed by atoms with E-state index < -0.39 is 0 Å².